The number of pyridine rings is 1. The maximum Gasteiger partial charge on any atom is 0.141 e. The highest BCUT2D eigenvalue weighted by Gasteiger charge is 2.06. The first-order valence-corrected chi connectivity index (χ1v) is 6.14. The summed E-state index contributed by atoms with van der Waals surface area (Å²) < 4.78 is 5.30. The largest absolute Gasteiger partial charge is 0.506 e. The van der Waals surface area contributed by atoms with Crippen molar-refractivity contribution < 1.29 is 9.84 Å². The van der Waals surface area contributed by atoms with Crippen molar-refractivity contribution in [2.24, 2.45) is 0 Å². The molecule has 0 bridgehead atoms. The number of aromatic nitrogens is 1. The maximum atomic E-state index is 9.76. The molecule has 1 heterocycles. The second-order valence-electron chi connectivity index (χ2n) is 4.48. The average molecular weight is 258 g/mol. The zero-order chi connectivity index (χ0) is 13.8. The summed E-state index contributed by atoms with van der Waals surface area (Å²) in [5.74, 6) is 0.975. The van der Waals surface area contributed by atoms with Crippen molar-refractivity contribution in [1.82, 2.24) is 4.98 Å². The molecule has 0 atom stereocenters. The van der Waals surface area contributed by atoms with E-state index in [1.54, 1.807) is 19.2 Å². The van der Waals surface area contributed by atoms with Crippen molar-refractivity contribution in [2.45, 2.75) is 20.4 Å². The van der Waals surface area contributed by atoms with Gasteiger partial charge in [0.05, 0.1) is 19.3 Å². The molecule has 0 aliphatic heterocycles. The van der Waals surface area contributed by atoms with Gasteiger partial charge < -0.3 is 15.2 Å². The second kappa shape index (κ2) is 5.61. The first-order valence-electron chi connectivity index (χ1n) is 6.14. The van der Waals surface area contributed by atoms with Crippen molar-refractivity contribution in [3.8, 4) is 11.5 Å². The minimum absolute atomic E-state index is 0.199. The van der Waals surface area contributed by atoms with Crippen LogP contribution in [0.25, 0.3) is 0 Å². The molecule has 0 aliphatic rings. The van der Waals surface area contributed by atoms with Crippen LogP contribution in [-0.2, 0) is 6.54 Å². The van der Waals surface area contributed by atoms with Crippen LogP contribution in [0.2, 0.25) is 0 Å². The van der Waals surface area contributed by atoms with Gasteiger partial charge in [0, 0.05) is 5.69 Å². The average Bonchev–Trinajstić information content (AvgIpc) is 2.40. The van der Waals surface area contributed by atoms with Crippen molar-refractivity contribution in [3.63, 3.8) is 0 Å². The molecule has 2 rings (SSSR count). The predicted octanol–water partition coefficient (Wildman–Crippen LogP) is 3.02. The van der Waals surface area contributed by atoms with E-state index in [2.05, 4.69) is 10.3 Å². The Morgan fingerprint density at radius 2 is 2.00 bits per heavy atom. The second-order valence-corrected chi connectivity index (χ2v) is 4.48. The molecule has 4 heteroatoms. The molecule has 0 fully saturated rings. The van der Waals surface area contributed by atoms with Gasteiger partial charge in [0.1, 0.15) is 17.2 Å². The summed E-state index contributed by atoms with van der Waals surface area (Å²) in [5.41, 5.74) is 3.55. The molecule has 0 amide bonds. The van der Waals surface area contributed by atoms with Gasteiger partial charge in [-0.25, -0.2) is 0 Å². The highest BCUT2D eigenvalue weighted by atomic mass is 16.5. The molecule has 2 aromatic rings. The minimum atomic E-state index is 0.199. The zero-order valence-electron chi connectivity index (χ0n) is 11.4. The van der Waals surface area contributed by atoms with E-state index in [1.807, 2.05) is 32.0 Å². The third-order valence-electron chi connectivity index (χ3n) is 2.89. The van der Waals surface area contributed by atoms with Crippen molar-refractivity contribution in [2.75, 3.05) is 12.4 Å². The molecule has 1 aromatic carbocycles. The Kier molecular flexibility index (Phi) is 3.90. The third kappa shape index (κ3) is 3.16. The molecular formula is C15H18N2O2. The summed E-state index contributed by atoms with van der Waals surface area (Å²) >= 11 is 0. The van der Waals surface area contributed by atoms with Crippen molar-refractivity contribution in [3.05, 3.63) is 47.3 Å². The van der Waals surface area contributed by atoms with Crippen LogP contribution >= 0.6 is 0 Å². The van der Waals surface area contributed by atoms with E-state index >= 15 is 0 Å². The molecule has 0 saturated heterocycles. The minimum Gasteiger partial charge on any atom is -0.506 e. The number of hydrogen-bond donors (Lipinski definition) is 2. The Labute approximate surface area is 113 Å². The van der Waals surface area contributed by atoms with E-state index in [1.165, 1.54) is 0 Å². The quantitative estimate of drug-likeness (QED) is 0.885. The van der Waals surface area contributed by atoms with Crippen LogP contribution in [-0.4, -0.2) is 17.2 Å². The Bertz CT molecular complexity index is 582. The highest BCUT2D eigenvalue weighted by Crippen LogP contribution is 2.26. The number of nitrogens with one attached hydrogen (secondary N) is 1. The summed E-state index contributed by atoms with van der Waals surface area (Å²) in [4.78, 5) is 4.31. The van der Waals surface area contributed by atoms with E-state index in [4.69, 9.17) is 4.74 Å². The zero-order valence-corrected chi connectivity index (χ0v) is 11.4. The topological polar surface area (TPSA) is 54.4 Å². The summed E-state index contributed by atoms with van der Waals surface area (Å²) in [6, 6.07) is 9.36. The van der Waals surface area contributed by atoms with Crippen LogP contribution in [0.3, 0.4) is 0 Å². The molecule has 2 N–H and O–H groups in total. The van der Waals surface area contributed by atoms with Crippen LogP contribution in [0.5, 0.6) is 11.5 Å². The maximum absolute atomic E-state index is 9.76. The monoisotopic (exact) mass is 258 g/mol. The van der Waals surface area contributed by atoms with Gasteiger partial charge in [-0.15, -0.1) is 0 Å². The van der Waals surface area contributed by atoms with Crippen LogP contribution in [0.1, 0.15) is 17.0 Å². The number of rotatable bonds is 4. The third-order valence-corrected chi connectivity index (χ3v) is 2.89. The first-order chi connectivity index (χ1) is 9.10. The van der Waals surface area contributed by atoms with Gasteiger partial charge in [-0.2, -0.15) is 0 Å². The molecule has 4 nitrogen and oxygen atoms in total. The van der Waals surface area contributed by atoms with Gasteiger partial charge in [-0.1, -0.05) is 6.07 Å². The van der Waals surface area contributed by atoms with E-state index in [9.17, 15) is 5.11 Å². The normalized spacial score (nSPS) is 10.3. The van der Waals surface area contributed by atoms with E-state index < -0.39 is 0 Å². The van der Waals surface area contributed by atoms with Crippen LogP contribution in [0, 0.1) is 13.8 Å². The number of benzene rings is 1. The van der Waals surface area contributed by atoms with Crippen LogP contribution in [0.15, 0.2) is 30.3 Å². The molecule has 0 aliphatic carbocycles. The molecular weight excluding hydrogens is 240 g/mol. The SMILES string of the molecule is COc1ccc(C)cc1NCc1nc(C)ccc1O. The van der Waals surface area contributed by atoms with Gasteiger partial charge in [-0.3, -0.25) is 4.98 Å². The Morgan fingerprint density at radius 3 is 2.74 bits per heavy atom. The fourth-order valence-corrected chi connectivity index (χ4v) is 1.87. The number of aromatic hydroxyl groups is 1. The molecule has 0 unspecified atom stereocenters. The first kappa shape index (κ1) is 13.2. The van der Waals surface area contributed by atoms with E-state index in [-0.39, 0.29) is 5.75 Å². The number of nitrogens with zero attached hydrogens (tertiary/aromatic N) is 1. The Morgan fingerprint density at radius 1 is 1.21 bits per heavy atom. The van der Waals surface area contributed by atoms with Gasteiger partial charge in [-0.05, 0) is 43.7 Å². The van der Waals surface area contributed by atoms with Gasteiger partial charge in [0.2, 0.25) is 0 Å². The number of aryl methyl sites for hydroxylation is 2. The van der Waals surface area contributed by atoms with Crippen molar-refractivity contribution in [1.29, 1.82) is 0 Å². The highest BCUT2D eigenvalue weighted by molar-refractivity contribution is 5.58. The number of ether oxygens (including phenoxy) is 1. The number of anilines is 1. The number of methoxy groups -OCH3 is 1. The molecule has 0 saturated carbocycles. The summed E-state index contributed by atoms with van der Waals surface area (Å²) in [7, 11) is 1.64. The molecule has 0 radical (unpaired) electrons. The standard InChI is InChI=1S/C15H18N2O2/c1-10-4-7-15(19-3)12(8-10)16-9-13-14(18)6-5-11(2)17-13/h4-8,16,18H,9H2,1-3H3. The van der Waals surface area contributed by atoms with Crippen LogP contribution < -0.4 is 10.1 Å². The van der Waals surface area contributed by atoms with Gasteiger partial charge in [0.25, 0.3) is 0 Å². The number of hydrogen-bond acceptors (Lipinski definition) is 4. The van der Waals surface area contributed by atoms with Crippen molar-refractivity contribution >= 4 is 5.69 Å². The van der Waals surface area contributed by atoms with E-state index in [0.29, 0.717) is 12.2 Å². The lowest BCUT2D eigenvalue weighted by Gasteiger charge is -2.12. The molecule has 1 aromatic heterocycles. The summed E-state index contributed by atoms with van der Waals surface area (Å²) in [6.07, 6.45) is 0. The lowest BCUT2D eigenvalue weighted by atomic mass is 10.2. The molecule has 19 heavy (non-hydrogen) atoms. The lowest BCUT2D eigenvalue weighted by molar-refractivity contribution is 0.416. The Balaban J connectivity index is 2.18. The lowest BCUT2D eigenvalue weighted by Crippen LogP contribution is -2.04. The summed E-state index contributed by atoms with van der Waals surface area (Å²) in [5, 5.41) is 13.0. The smallest absolute Gasteiger partial charge is 0.141 e. The fourth-order valence-electron chi connectivity index (χ4n) is 1.87. The fraction of sp³-hybridized carbons (Fsp3) is 0.267. The molecule has 100 valence electrons. The van der Waals surface area contributed by atoms with Gasteiger partial charge >= 0.3 is 0 Å². The van der Waals surface area contributed by atoms with E-state index in [0.717, 1.165) is 22.7 Å². The predicted molar refractivity (Wildman–Crippen MR) is 75.7 cm³/mol. The molecule has 0 spiro atoms. The summed E-state index contributed by atoms with van der Waals surface area (Å²) in [6.45, 7) is 4.37. The Hall–Kier alpha value is -2.23. The van der Waals surface area contributed by atoms with Gasteiger partial charge in [0.15, 0.2) is 0 Å². The van der Waals surface area contributed by atoms with Crippen LogP contribution in [0.4, 0.5) is 5.69 Å².